The van der Waals surface area contributed by atoms with E-state index < -0.39 is 0 Å². The number of Topliss-reactive ketones (excluding diaryl/α,β-unsaturated/α-hetero) is 2. The lowest BCUT2D eigenvalue weighted by Gasteiger charge is -2.06. The van der Waals surface area contributed by atoms with Crippen LogP contribution in [0, 0.1) is 0 Å². The third-order valence-corrected chi connectivity index (χ3v) is 3.89. The number of nitrogens with one attached hydrogen (secondary N) is 1. The second kappa shape index (κ2) is 27.9. The molecule has 214 valence electrons. The number of ketones is 2. The number of hydrogen-bond donors (Lipinski definition) is 2. The van der Waals surface area contributed by atoms with Crippen molar-refractivity contribution < 1.29 is 19.5 Å². The predicted octanol–water partition coefficient (Wildman–Crippen LogP) is 9.38. The minimum Gasteiger partial charge on any atom is -0.508 e. The van der Waals surface area contributed by atoms with Gasteiger partial charge in [-0.3, -0.25) is 9.59 Å². The summed E-state index contributed by atoms with van der Waals surface area (Å²) >= 11 is 0. The number of rotatable bonds is 4. The van der Waals surface area contributed by atoms with Crippen molar-refractivity contribution in [3.8, 4) is 5.75 Å². The second-order valence-electron chi connectivity index (χ2n) is 6.50. The number of carbonyl (C=O) groups is 3. The van der Waals surface area contributed by atoms with E-state index in [9.17, 15) is 19.5 Å². The zero-order valence-electron chi connectivity index (χ0n) is 25.8. The van der Waals surface area contributed by atoms with E-state index in [2.05, 4.69) is 11.9 Å². The Bertz CT molecular complexity index is 1020. The molecule has 1 amide bonds. The maximum Gasteiger partial charge on any atom is 0.255 e. The molecule has 0 aliphatic heterocycles. The molecule has 0 fully saturated rings. The van der Waals surface area contributed by atoms with Crippen LogP contribution >= 0.6 is 0 Å². The molecular formula is C32H52N2O4. The normalized spacial score (nSPS) is 8.11. The lowest BCUT2D eigenvalue weighted by atomic mass is 10.2. The topological polar surface area (TPSA) is 87.9 Å². The van der Waals surface area contributed by atoms with E-state index in [-0.39, 0.29) is 23.2 Å². The quantitative estimate of drug-likeness (QED) is 0.261. The molecule has 38 heavy (non-hydrogen) atoms. The fourth-order valence-corrected chi connectivity index (χ4v) is 2.20. The lowest BCUT2D eigenvalue weighted by Crippen LogP contribution is -2.11. The van der Waals surface area contributed by atoms with Gasteiger partial charge >= 0.3 is 0 Å². The summed E-state index contributed by atoms with van der Waals surface area (Å²) < 4.78 is 1.83. The maximum atomic E-state index is 12.1. The van der Waals surface area contributed by atoms with Crippen LogP contribution in [0.1, 0.15) is 110 Å². The monoisotopic (exact) mass is 528 g/mol. The van der Waals surface area contributed by atoms with Crippen molar-refractivity contribution in [2.75, 3.05) is 5.32 Å². The van der Waals surface area contributed by atoms with Crippen molar-refractivity contribution >= 4 is 28.7 Å². The Hall–Kier alpha value is -3.67. The minimum absolute atomic E-state index is 0.00150. The molecule has 0 aliphatic rings. The van der Waals surface area contributed by atoms with Gasteiger partial charge in [0.1, 0.15) is 11.5 Å². The molecule has 1 aromatic carbocycles. The van der Waals surface area contributed by atoms with Gasteiger partial charge in [0.25, 0.3) is 5.91 Å². The predicted molar refractivity (Wildman–Crippen MR) is 166 cm³/mol. The molecule has 2 heterocycles. The van der Waals surface area contributed by atoms with E-state index >= 15 is 0 Å². The number of anilines is 1. The largest absolute Gasteiger partial charge is 0.508 e. The van der Waals surface area contributed by atoms with E-state index in [4.69, 9.17) is 0 Å². The van der Waals surface area contributed by atoms with Gasteiger partial charge < -0.3 is 19.6 Å². The number of pyridine rings is 1. The minimum atomic E-state index is -0.261. The molecule has 0 bridgehead atoms. The molecule has 6 nitrogen and oxygen atoms in total. The van der Waals surface area contributed by atoms with Crippen LogP contribution in [0.4, 0.5) is 5.69 Å². The molecule has 2 aromatic heterocycles. The standard InChI is InChI=1S/C17H14N2O3.C4H8O.C3H6.4C2H6/c1-11(20)13-8-15-9-14(6-7-19(15)10-13)18-17(22)12-2-4-16(21)5-3-12;1-3-4(2)5;1-3-2;4*1-2/h2-10,21H,1H3,(H,18,22);3H2,1-2H3;3H,1H2,2H3;4*1-2H3. The molecule has 2 N–H and O–H groups in total. The number of carbonyl (C=O) groups excluding carboxylic acids is 3. The van der Waals surface area contributed by atoms with Crippen molar-refractivity contribution in [3.63, 3.8) is 0 Å². The summed E-state index contributed by atoms with van der Waals surface area (Å²) in [5.74, 6) is 0.106. The van der Waals surface area contributed by atoms with Crippen LogP contribution in [-0.2, 0) is 4.79 Å². The molecule has 0 unspecified atom stereocenters. The van der Waals surface area contributed by atoms with Crippen LogP contribution < -0.4 is 5.32 Å². The third-order valence-electron chi connectivity index (χ3n) is 3.89. The molecule has 6 heteroatoms. The van der Waals surface area contributed by atoms with Gasteiger partial charge in [0.2, 0.25) is 0 Å². The Morgan fingerprint density at radius 3 is 1.71 bits per heavy atom. The van der Waals surface area contributed by atoms with Crippen LogP contribution in [0.15, 0.2) is 67.5 Å². The van der Waals surface area contributed by atoms with Crippen molar-refractivity contribution in [2.45, 2.75) is 89.5 Å². The van der Waals surface area contributed by atoms with Gasteiger partial charge in [-0.1, -0.05) is 68.4 Å². The van der Waals surface area contributed by atoms with Crippen LogP contribution in [0.3, 0.4) is 0 Å². The van der Waals surface area contributed by atoms with Gasteiger partial charge in [-0.2, -0.15) is 0 Å². The first-order chi connectivity index (χ1) is 18.2. The average Bonchev–Trinajstić information content (AvgIpc) is 3.38. The summed E-state index contributed by atoms with van der Waals surface area (Å²) in [6.45, 7) is 26.2. The fraction of sp³-hybridized carbons (Fsp3) is 0.406. The smallest absolute Gasteiger partial charge is 0.255 e. The van der Waals surface area contributed by atoms with E-state index in [1.807, 2.05) is 73.6 Å². The Kier molecular flexibility index (Phi) is 30.4. The fourth-order valence-electron chi connectivity index (χ4n) is 2.20. The first kappa shape index (κ1) is 41.5. The van der Waals surface area contributed by atoms with Gasteiger partial charge in [0, 0.05) is 41.1 Å². The highest BCUT2D eigenvalue weighted by atomic mass is 16.3. The summed E-state index contributed by atoms with van der Waals surface area (Å²) in [5, 5.41) is 12.0. The highest BCUT2D eigenvalue weighted by molar-refractivity contribution is 6.04. The molecule has 3 rings (SSSR count). The highest BCUT2D eigenvalue weighted by Gasteiger charge is 2.08. The van der Waals surface area contributed by atoms with Gasteiger partial charge in [-0.05, 0) is 63.2 Å². The van der Waals surface area contributed by atoms with Gasteiger partial charge in [0.15, 0.2) is 5.78 Å². The average molecular weight is 529 g/mol. The van der Waals surface area contributed by atoms with Crippen LogP contribution in [0.2, 0.25) is 0 Å². The zero-order chi connectivity index (χ0) is 30.7. The number of aromatic hydroxyl groups is 1. The third kappa shape index (κ3) is 18.6. The molecule has 0 radical (unpaired) electrons. The number of allylic oxidation sites excluding steroid dienone is 1. The zero-order valence-corrected chi connectivity index (χ0v) is 25.8. The Balaban J connectivity index is -0.000000304. The number of fused-ring (bicyclic) bond motifs is 1. The van der Waals surface area contributed by atoms with Crippen LogP contribution in [0.25, 0.3) is 5.52 Å². The summed E-state index contributed by atoms with van der Waals surface area (Å²) in [5.41, 5.74) is 2.55. The first-order valence-corrected chi connectivity index (χ1v) is 13.5. The SMILES string of the molecule is C=CC.CC.CC.CC.CC.CC(=O)c1cc2cc(NC(=O)c3ccc(O)cc3)ccn2c1.CCC(C)=O. The highest BCUT2D eigenvalue weighted by Crippen LogP contribution is 2.17. The van der Waals surface area contributed by atoms with Gasteiger partial charge in [0.05, 0.1) is 0 Å². The van der Waals surface area contributed by atoms with Gasteiger partial charge in [-0.15, -0.1) is 6.58 Å². The summed E-state index contributed by atoms with van der Waals surface area (Å²) in [7, 11) is 0. The molecule has 0 atom stereocenters. The van der Waals surface area contributed by atoms with E-state index in [0.717, 1.165) is 5.52 Å². The summed E-state index contributed by atoms with van der Waals surface area (Å²) in [4.78, 5) is 33.3. The number of amides is 1. The maximum absolute atomic E-state index is 12.1. The molecule has 0 saturated heterocycles. The first-order valence-electron chi connectivity index (χ1n) is 13.5. The summed E-state index contributed by atoms with van der Waals surface area (Å²) in [6, 6.07) is 11.4. The van der Waals surface area contributed by atoms with Crippen molar-refractivity contribution in [2.24, 2.45) is 0 Å². The van der Waals surface area contributed by atoms with Crippen molar-refractivity contribution in [1.29, 1.82) is 0 Å². The number of hydrogen-bond acceptors (Lipinski definition) is 4. The number of phenolic OH excluding ortho intramolecular Hbond substituents is 1. The molecule has 3 aromatic rings. The van der Waals surface area contributed by atoms with Crippen LogP contribution in [0.5, 0.6) is 5.75 Å². The van der Waals surface area contributed by atoms with E-state index in [0.29, 0.717) is 23.2 Å². The molecular weight excluding hydrogens is 476 g/mol. The van der Waals surface area contributed by atoms with E-state index in [1.54, 1.807) is 55.7 Å². The van der Waals surface area contributed by atoms with Crippen molar-refractivity contribution in [1.82, 2.24) is 4.40 Å². The number of benzene rings is 1. The number of phenols is 1. The Morgan fingerprint density at radius 1 is 0.868 bits per heavy atom. The second-order valence-corrected chi connectivity index (χ2v) is 6.50. The number of aromatic nitrogens is 1. The van der Waals surface area contributed by atoms with Crippen molar-refractivity contribution in [3.05, 3.63) is 78.6 Å². The Morgan fingerprint density at radius 2 is 1.32 bits per heavy atom. The van der Waals surface area contributed by atoms with Gasteiger partial charge in [-0.25, -0.2) is 0 Å². The molecule has 0 saturated carbocycles. The number of nitrogens with zero attached hydrogens (tertiary/aromatic N) is 1. The molecule has 0 spiro atoms. The molecule has 0 aliphatic carbocycles. The van der Waals surface area contributed by atoms with Crippen LogP contribution in [-0.4, -0.2) is 27.0 Å². The Labute approximate surface area is 231 Å². The lowest BCUT2D eigenvalue weighted by molar-refractivity contribution is -0.116. The van der Waals surface area contributed by atoms with E-state index in [1.165, 1.54) is 19.1 Å². The summed E-state index contributed by atoms with van der Waals surface area (Å²) in [6.07, 6.45) is 5.96.